The molecule has 2 heterocycles. The van der Waals surface area contributed by atoms with Crippen LogP contribution in [0.3, 0.4) is 0 Å². The number of benzene rings is 1. The molecule has 1 saturated carbocycles. The maximum absolute atomic E-state index is 12.9. The van der Waals surface area contributed by atoms with Crippen molar-refractivity contribution in [2.75, 3.05) is 38.1 Å². The number of carbonyl (C=O) groups excluding carboxylic acids is 1. The van der Waals surface area contributed by atoms with E-state index >= 15 is 0 Å². The molecular formula is C21H29N5O. The second-order valence-corrected chi connectivity index (χ2v) is 7.87. The molecule has 27 heavy (non-hydrogen) atoms. The molecular weight excluding hydrogens is 338 g/mol. The van der Waals surface area contributed by atoms with E-state index in [2.05, 4.69) is 38.4 Å². The first kappa shape index (κ1) is 18.2. The summed E-state index contributed by atoms with van der Waals surface area (Å²) in [6.45, 7) is 4.02. The second kappa shape index (κ2) is 8.21. The third-order valence-corrected chi connectivity index (χ3v) is 5.84. The van der Waals surface area contributed by atoms with Crippen molar-refractivity contribution in [2.24, 2.45) is 0 Å². The number of amides is 1. The fraction of sp³-hybridized carbons (Fsp3) is 0.571. The first-order valence-electron chi connectivity index (χ1n) is 10.2. The number of hydrogen-bond acceptors (Lipinski definition) is 5. The number of nitrogens with one attached hydrogen (secondary N) is 1. The minimum absolute atomic E-state index is 0.0900. The molecule has 1 amide bonds. The average molecular weight is 367 g/mol. The molecule has 1 aromatic heterocycles. The highest BCUT2D eigenvalue weighted by atomic mass is 16.2. The summed E-state index contributed by atoms with van der Waals surface area (Å²) in [7, 11) is 2.16. The summed E-state index contributed by atoms with van der Waals surface area (Å²) in [4.78, 5) is 17.5. The number of aromatic nitrogens is 2. The van der Waals surface area contributed by atoms with Crippen molar-refractivity contribution in [2.45, 2.75) is 44.6 Å². The van der Waals surface area contributed by atoms with Gasteiger partial charge in [-0.2, -0.15) is 0 Å². The van der Waals surface area contributed by atoms with Crippen molar-refractivity contribution < 1.29 is 4.79 Å². The van der Waals surface area contributed by atoms with E-state index in [4.69, 9.17) is 0 Å². The number of fused-ring (bicyclic) bond motifs is 1. The summed E-state index contributed by atoms with van der Waals surface area (Å²) in [5.74, 6) is 0.808. The minimum atomic E-state index is -0.0900. The summed E-state index contributed by atoms with van der Waals surface area (Å²) in [5, 5.41) is 14.0. The number of carbonyl (C=O) groups is 1. The zero-order valence-corrected chi connectivity index (χ0v) is 16.2. The highest BCUT2D eigenvalue weighted by Crippen LogP contribution is 2.27. The van der Waals surface area contributed by atoms with Crippen LogP contribution in [0.25, 0.3) is 10.8 Å². The molecule has 1 saturated heterocycles. The van der Waals surface area contributed by atoms with Gasteiger partial charge in [-0.25, -0.2) is 0 Å². The van der Waals surface area contributed by atoms with E-state index in [1.54, 1.807) is 0 Å². The molecule has 0 radical (unpaired) electrons. The van der Waals surface area contributed by atoms with Crippen LogP contribution in [0.1, 0.15) is 49.0 Å². The molecule has 4 rings (SSSR count). The highest BCUT2D eigenvalue weighted by Gasteiger charge is 2.22. The van der Waals surface area contributed by atoms with E-state index in [1.165, 1.54) is 19.3 Å². The van der Waals surface area contributed by atoms with Gasteiger partial charge in [0.15, 0.2) is 11.5 Å². The van der Waals surface area contributed by atoms with Crippen molar-refractivity contribution >= 4 is 22.5 Å². The SMILES string of the molecule is CN1CCCN(c2nnc(C(=O)NC3CCCCC3)c3ccccc23)CC1. The van der Waals surface area contributed by atoms with E-state index in [0.717, 1.165) is 62.0 Å². The molecule has 1 aliphatic heterocycles. The van der Waals surface area contributed by atoms with Gasteiger partial charge in [0.05, 0.1) is 0 Å². The number of likely N-dealkylation sites (N-methyl/N-ethyl adjacent to an activating group) is 1. The van der Waals surface area contributed by atoms with Gasteiger partial charge in [-0.1, -0.05) is 43.5 Å². The zero-order valence-electron chi connectivity index (χ0n) is 16.2. The Morgan fingerprint density at radius 2 is 1.74 bits per heavy atom. The Morgan fingerprint density at radius 1 is 0.963 bits per heavy atom. The molecule has 0 spiro atoms. The summed E-state index contributed by atoms with van der Waals surface area (Å²) in [6.07, 6.45) is 6.90. The van der Waals surface area contributed by atoms with Gasteiger partial charge in [0.2, 0.25) is 0 Å². The molecule has 0 unspecified atom stereocenters. The molecule has 6 heteroatoms. The topological polar surface area (TPSA) is 61.4 Å². The van der Waals surface area contributed by atoms with Gasteiger partial charge >= 0.3 is 0 Å². The summed E-state index contributed by atoms with van der Waals surface area (Å²) >= 11 is 0. The summed E-state index contributed by atoms with van der Waals surface area (Å²) < 4.78 is 0. The molecule has 6 nitrogen and oxygen atoms in total. The van der Waals surface area contributed by atoms with Crippen LogP contribution >= 0.6 is 0 Å². The lowest BCUT2D eigenvalue weighted by Crippen LogP contribution is -2.37. The largest absolute Gasteiger partial charge is 0.353 e. The van der Waals surface area contributed by atoms with Crippen molar-refractivity contribution in [1.29, 1.82) is 0 Å². The summed E-state index contributed by atoms with van der Waals surface area (Å²) in [5.41, 5.74) is 0.451. The van der Waals surface area contributed by atoms with E-state index in [0.29, 0.717) is 5.69 Å². The maximum atomic E-state index is 12.9. The van der Waals surface area contributed by atoms with Gasteiger partial charge in [-0.05, 0) is 32.9 Å². The molecule has 144 valence electrons. The molecule has 2 aliphatic rings. The monoisotopic (exact) mass is 367 g/mol. The standard InChI is InChI=1S/C21H29N5O/c1-25-12-7-13-26(15-14-25)20-18-11-6-5-10-17(18)19(23-24-20)21(27)22-16-8-3-2-4-9-16/h5-6,10-11,16H,2-4,7-9,12-15H2,1H3,(H,22,27). The zero-order chi connectivity index (χ0) is 18.6. The Bertz CT molecular complexity index is 802. The molecule has 1 aromatic carbocycles. The Labute approximate surface area is 160 Å². The molecule has 0 bridgehead atoms. The van der Waals surface area contributed by atoms with E-state index in [1.807, 2.05) is 18.2 Å². The maximum Gasteiger partial charge on any atom is 0.272 e. The first-order valence-corrected chi connectivity index (χ1v) is 10.2. The van der Waals surface area contributed by atoms with E-state index in [-0.39, 0.29) is 11.9 Å². The van der Waals surface area contributed by atoms with Crippen LogP contribution in [-0.4, -0.2) is 60.3 Å². The van der Waals surface area contributed by atoms with E-state index in [9.17, 15) is 4.79 Å². The Hall–Kier alpha value is -2.21. The van der Waals surface area contributed by atoms with E-state index < -0.39 is 0 Å². The van der Waals surface area contributed by atoms with Crippen molar-refractivity contribution in [3.63, 3.8) is 0 Å². The highest BCUT2D eigenvalue weighted by molar-refractivity contribution is 6.07. The third kappa shape index (κ3) is 4.05. The average Bonchev–Trinajstić information content (AvgIpc) is 2.92. The molecule has 1 aliphatic carbocycles. The van der Waals surface area contributed by atoms with Gasteiger partial charge in [0.25, 0.3) is 5.91 Å². The van der Waals surface area contributed by atoms with Gasteiger partial charge in [0, 0.05) is 36.4 Å². The van der Waals surface area contributed by atoms with Crippen LogP contribution in [0.4, 0.5) is 5.82 Å². The van der Waals surface area contributed by atoms with Gasteiger partial charge in [-0.3, -0.25) is 4.79 Å². The Kier molecular flexibility index (Phi) is 5.53. The van der Waals surface area contributed by atoms with Crippen molar-refractivity contribution in [3.05, 3.63) is 30.0 Å². The molecule has 0 atom stereocenters. The Morgan fingerprint density at radius 3 is 2.56 bits per heavy atom. The lowest BCUT2D eigenvalue weighted by molar-refractivity contribution is 0.0923. The van der Waals surface area contributed by atoms with Crippen molar-refractivity contribution in [1.82, 2.24) is 20.4 Å². The van der Waals surface area contributed by atoms with Gasteiger partial charge in [0.1, 0.15) is 0 Å². The number of rotatable bonds is 3. The predicted octanol–water partition coefficient (Wildman–Crippen LogP) is 2.83. The Balaban J connectivity index is 1.62. The molecule has 2 aromatic rings. The second-order valence-electron chi connectivity index (χ2n) is 7.87. The lowest BCUT2D eigenvalue weighted by Gasteiger charge is -2.24. The van der Waals surface area contributed by atoms with Gasteiger partial charge in [-0.15, -0.1) is 10.2 Å². The van der Waals surface area contributed by atoms with Crippen LogP contribution in [-0.2, 0) is 0 Å². The smallest absolute Gasteiger partial charge is 0.272 e. The lowest BCUT2D eigenvalue weighted by atomic mass is 9.95. The quantitative estimate of drug-likeness (QED) is 0.904. The number of hydrogen-bond donors (Lipinski definition) is 1. The van der Waals surface area contributed by atoms with Crippen LogP contribution in [0.15, 0.2) is 24.3 Å². The third-order valence-electron chi connectivity index (χ3n) is 5.84. The van der Waals surface area contributed by atoms with Crippen LogP contribution in [0, 0.1) is 0 Å². The van der Waals surface area contributed by atoms with Crippen LogP contribution in [0.2, 0.25) is 0 Å². The number of nitrogens with zero attached hydrogens (tertiary/aromatic N) is 4. The minimum Gasteiger partial charge on any atom is -0.353 e. The predicted molar refractivity (Wildman–Crippen MR) is 108 cm³/mol. The van der Waals surface area contributed by atoms with Crippen LogP contribution < -0.4 is 10.2 Å². The first-order chi connectivity index (χ1) is 13.2. The fourth-order valence-electron chi connectivity index (χ4n) is 4.25. The molecule has 1 N–H and O–H groups in total. The fourth-order valence-corrected chi connectivity index (χ4v) is 4.25. The molecule has 2 fully saturated rings. The number of anilines is 1. The van der Waals surface area contributed by atoms with Crippen molar-refractivity contribution in [3.8, 4) is 0 Å². The summed E-state index contributed by atoms with van der Waals surface area (Å²) in [6, 6.07) is 8.31. The van der Waals surface area contributed by atoms with Gasteiger partial charge < -0.3 is 15.1 Å². The normalized spacial score (nSPS) is 19.8. The van der Waals surface area contributed by atoms with Crippen LogP contribution in [0.5, 0.6) is 0 Å².